The van der Waals surface area contributed by atoms with Gasteiger partial charge >= 0.3 is 5.97 Å². The summed E-state index contributed by atoms with van der Waals surface area (Å²) >= 11 is 1.95. The standard InChI is InChI=1S/C11H16N2O2S/c1-7-8(9(14)15)13-10(12-7)11(2)3-5-16-6-4-11/h3-6H2,1-2H3,(H,12,13)(H,14,15). The van der Waals surface area contributed by atoms with Gasteiger partial charge in [0.1, 0.15) is 5.82 Å². The number of aryl methyl sites for hydroxylation is 1. The number of aromatic carboxylic acids is 1. The number of carbonyl (C=O) groups is 1. The lowest BCUT2D eigenvalue weighted by Crippen LogP contribution is -2.28. The van der Waals surface area contributed by atoms with Gasteiger partial charge in [0.2, 0.25) is 0 Å². The van der Waals surface area contributed by atoms with Crippen molar-refractivity contribution in [3.05, 3.63) is 17.2 Å². The van der Waals surface area contributed by atoms with Crippen LogP contribution >= 0.6 is 11.8 Å². The van der Waals surface area contributed by atoms with Crippen LogP contribution in [0.1, 0.15) is 41.8 Å². The minimum Gasteiger partial charge on any atom is -0.476 e. The summed E-state index contributed by atoms with van der Waals surface area (Å²) in [6, 6.07) is 0. The summed E-state index contributed by atoms with van der Waals surface area (Å²) in [5.41, 5.74) is 0.834. The van der Waals surface area contributed by atoms with Crippen LogP contribution in [-0.2, 0) is 5.41 Å². The minimum atomic E-state index is -0.950. The molecule has 4 nitrogen and oxygen atoms in total. The van der Waals surface area contributed by atoms with Crippen molar-refractivity contribution in [1.82, 2.24) is 9.97 Å². The second-order valence-corrected chi connectivity index (χ2v) is 5.76. The van der Waals surface area contributed by atoms with E-state index >= 15 is 0 Å². The Morgan fingerprint density at radius 1 is 1.50 bits per heavy atom. The van der Waals surface area contributed by atoms with Gasteiger partial charge in [0.05, 0.1) is 0 Å². The average Bonchev–Trinajstić information content (AvgIpc) is 2.62. The van der Waals surface area contributed by atoms with Gasteiger partial charge in [-0.25, -0.2) is 9.78 Å². The topological polar surface area (TPSA) is 66.0 Å². The SMILES string of the molecule is Cc1[nH]c(C2(C)CCSCC2)nc1C(=O)O. The highest BCUT2D eigenvalue weighted by molar-refractivity contribution is 7.99. The van der Waals surface area contributed by atoms with E-state index in [-0.39, 0.29) is 11.1 Å². The molecule has 1 aliphatic rings. The van der Waals surface area contributed by atoms with Gasteiger partial charge in [-0.05, 0) is 31.3 Å². The van der Waals surface area contributed by atoms with E-state index in [2.05, 4.69) is 16.9 Å². The first-order chi connectivity index (χ1) is 7.53. The summed E-state index contributed by atoms with van der Waals surface area (Å²) in [7, 11) is 0. The van der Waals surface area contributed by atoms with Crippen LogP contribution in [0.2, 0.25) is 0 Å². The molecule has 2 rings (SSSR count). The summed E-state index contributed by atoms with van der Waals surface area (Å²) in [5.74, 6) is 2.13. The van der Waals surface area contributed by atoms with Crippen LogP contribution in [0.4, 0.5) is 0 Å². The first-order valence-corrected chi connectivity index (χ1v) is 6.56. The zero-order chi connectivity index (χ0) is 11.8. The number of imidazole rings is 1. The molecule has 2 heterocycles. The van der Waals surface area contributed by atoms with Crippen molar-refractivity contribution in [3.63, 3.8) is 0 Å². The molecule has 0 amide bonds. The van der Waals surface area contributed by atoms with E-state index in [9.17, 15) is 4.79 Å². The third-order valence-corrected chi connectivity index (χ3v) is 4.24. The van der Waals surface area contributed by atoms with Crippen LogP contribution in [0, 0.1) is 6.92 Å². The van der Waals surface area contributed by atoms with E-state index in [0.29, 0.717) is 5.69 Å². The zero-order valence-electron chi connectivity index (χ0n) is 9.54. The van der Waals surface area contributed by atoms with E-state index < -0.39 is 5.97 Å². The molecular weight excluding hydrogens is 224 g/mol. The molecule has 0 radical (unpaired) electrons. The molecule has 1 aliphatic heterocycles. The number of hydrogen-bond acceptors (Lipinski definition) is 3. The van der Waals surface area contributed by atoms with Gasteiger partial charge in [0.15, 0.2) is 5.69 Å². The fourth-order valence-electron chi connectivity index (χ4n) is 2.01. The van der Waals surface area contributed by atoms with Gasteiger partial charge in [-0.1, -0.05) is 6.92 Å². The van der Waals surface area contributed by atoms with Crippen molar-refractivity contribution in [2.24, 2.45) is 0 Å². The minimum absolute atomic E-state index is 0.0176. The normalized spacial score (nSPS) is 19.6. The number of hydrogen-bond donors (Lipinski definition) is 2. The fourth-order valence-corrected chi connectivity index (χ4v) is 3.41. The Labute approximate surface area is 98.9 Å². The van der Waals surface area contributed by atoms with Crippen molar-refractivity contribution < 1.29 is 9.90 Å². The number of rotatable bonds is 2. The highest BCUT2D eigenvalue weighted by atomic mass is 32.2. The number of thioether (sulfide) groups is 1. The molecule has 0 atom stereocenters. The number of nitrogens with zero attached hydrogens (tertiary/aromatic N) is 1. The van der Waals surface area contributed by atoms with Gasteiger partial charge in [-0.3, -0.25) is 0 Å². The van der Waals surface area contributed by atoms with E-state index in [0.717, 1.165) is 30.2 Å². The lowest BCUT2D eigenvalue weighted by molar-refractivity contribution is 0.0690. The molecule has 0 saturated carbocycles. The molecular formula is C11H16N2O2S. The first-order valence-electron chi connectivity index (χ1n) is 5.41. The molecule has 1 saturated heterocycles. The molecule has 88 valence electrons. The Bertz CT molecular complexity index is 408. The number of aromatic amines is 1. The van der Waals surface area contributed by atoms with Crippen molar-refractivity contribution in [2.45, 2.75) is 32.1 Å². The highest BCUT2D eigenvalue weighted by Crippen LogP contribution is 2.36. The average molecular weight is 240 g/mol. The number of H-pyrrole nitrogens is 1. The van der Waals surface area contributed by atoms with E-state index in [4.69, 9.17) is 5.11 Å². The monoisotopic (exact) mass is 240 g/mol. The molecule has 1 aromatic rings. The van der Waals surface area contributed by atoms with Crippen molar-refractivity contribution >= 4 is 17.7 Å². The van der Waals surface area contributed by atoms with Crippen LogP contribution in [0.3, 0.4) is 0 Å². The Hall–Kier alpha value is -0.970. The highest BCUT2D eigenvalue weighted by Gasteiger charge is 2.33. The van der Waals surface area contributed by atoms with Crippen LogP contribution in [0.15, 0.2) is 0 Å². The molecule has 1 aromatic heterocycles. The molecule has 0 aliphatic carbocycles. The Balaban J connectivity index is 2.33. The van der Waals surface area contributed by atoms with Gasteiger partial charge in [-0.2, -0.15) is 11.8 Å². The van der Waals surface area contributed by atoms with Crippen LogP contribution < -0.4 is 0 Å². The Kier molecular flexibility index (Phi) is 2.97. The van der Waals surface area contributed by atoms with E-state index in [1.807, 2.05) is 11.8 Å². The molecule has 5 heteroatoms. The number of aromatic nitrogens is 2. The van der Waals surface area contributed by atoms with Crippen molar-refractivity contribution in [1.29, 1.82) is 0 Å². The summed E-state index contributed by atoms with van der Waals surface area (Å²) in [6.45, 7) is 3.93. The molecule has 0 aromatic carbocycles. The maximum Gasteiger partial charge on any atom is 0.356 e. The van der Waals surface area contributed by atoms with Crippen LogP contribution in [0.5, 0.6) is 0 Å². The maximum atomic E-state index is 10.9. The molecule has 2 N–H and O–H groups in total. The predicted molar refractivity (Wildman–Crippen MR) is 64.2 cm³/mol. The lowest BCUT2D eigenvalue weighted by Gasteiger charge is -2.31. The van der Waals surface area contributed by atoms with Gasteiger partial charge in [-0.15, -0.1) is 0 Å². The second kappa shape index (κ2) is 4.13. The molecule has 0 bridgehead atoms. The van der Waals surface area contributed by atoms with Crippen molar-refractivity contribution in [3.8, 4) is 0 Å². The Morgan fingerprint density at radius 3 is 2.62 bits per heavy atom. The summed E-state index contributed by atoms with van der Waals surface area (Å²) < 4.78 is 0. The summed E-state index contributed by atoms with van der Waals surface area (Å²) in [4.78, 5) is 18.3. The van der Waals surface area contributed by atoms with E-state index in [1.165, 1.54) is 0 Å². The quantitative estimate of drug-likeness (QED) is 0.831. The third kappa shape index (κ3) is 1.96. The molecule has 0 unspecified atom stereocenters. The molecule has 16 heavy (non-hydrogen) atoms. The van der Waals surface area contributed by atoms with Crippen LogP contribution in [0.25, 0.3) is 0 Å². The fraction of sp³-hybridized carbons (Fsp3) is 0.636. The predicted octanol–water partition coefficient (Wildman–Crippen LogP) is 2.20. The Morgan fingerprint density at radius 2 is 2.12 bits per heavy atom. The largest absolute Gasteiger partial charge is 0.476 e. The maximum absolute atomic E-state index is 10.9. The molecule has 0 spiro atoms. The van der Waals surface area contributed by atoms with E-state index in [1.54, 1.807) is 6.92 Å². The molecule has 1 fully saturated rings. The lowest BCUT2D eigenvalue weighted by atomic mass is 9.83. The zero-order valence-corrected chi connectivity index (χ0v) is 10.4. The van der Waals surface area contributed by atoms with Gasteiger partial charge in [0, 0.05) is 11.1 Å². The first kappa shape index (κ1) is 11.5. The second-order valence-electron chi connectivity index (χ2n) is 4.54. The van der Waals surface area contributed by atoms with Gasteiger partial charge in [0.25, 0.3) is 0 Å². The van der Waals surface area contributed by atoms with Gasteiger partial charge < -0.3 is 10.1 Å². The summed E-state index contributed by atoms with van der Waals surface area (Å²) in [6.07, 6.45) is 2.12. The van der Waals surface area contributed by atoms with Crippen LogP contribution in [-0.4, -0.2) is 32.5 Å². The van der Waals surface area contributed by atoms with Crippen molar-refractivity contribution in [2.75, 3.05) is 11.5 Å². The number of carboxylic acid groups (broad SMARTS) is 1. The third-order valence-electron chi connectivity index (χ3n) is 3.26. The number of carboxylic acids is 1. The number of nitrogens with one attached hydrogen (secondary N) is 1. The smallest absolute Gasteiger partial charge is 0.356 e. The summed E-state index contributed by atoms with van der Waals surface area (Å²) in [5, 5.41) is 8.97.